The van der Waals surface area contributed by atoms with Gasteiger partial charge in [-0.25, -0.2) is 4.68 Å². The molecule has 0 saturated heterocycles. The molecule has 2 aromatic heterocycles. The zero-order valence-electron chi connectivity index (χ0n) is 7.38. The first-order valence-electron chi connectivity index (χ1n) is 4.10. The summed E-state index contributed by atoms with van der Waals surface area (Å²) in [4.78, 5) is 4.23. The van der Waals surface area contributed by atoms with Crippen LogP contribution in [0.15, 0.2) is 30.7 Å². The summed E-state index contributed by atoms with van der Waals surface area (Å²) in [6, 6.07) is 4.02. The molecule has 0 fully saturated rings. The normalized spacial score (nSPS) is 10.2. The molecule has 4 heteroatoms. The summed E-state index contributed by atoms with van der Waals surface area (Å²) in [5.41, 5.74) is 2.22. The van der Waals surface area contributed by atoms with Crippen LogP contribution in [-0.2, 0) is 6.54 Å². The SMILES string of the molecule is Cc1ccnc(Cn2ccnn2)c1. The largest absolute Gasteiger partial charge is 0.259 e. The fourth-order valence-corrected chi connectivity index (χ4v) is 1.17. The van der Waals surface area contributed by atoms with Crippen LogP contribution in [0.2, 0.25) is 0 Å². The molecule has 0 aliphatic heterocycles. The molecule has 2 heterocycles. The fourth-order valence-electron chi connectivity index (χ4n) is 1.17. The van der Waals surface area contributed by atoms with E-state index in [-0.39, 0.29) is 0 Å². The Morgan fingerprint density at radius 3 is 3.00 bits per heavy atom. The van der Waals surface area contributed by atoms with Crippen LogP contribution in [0.3, 0.4) is 0 Å². The number of aromatic nitrogens is 4. The standard InChI is InChI=1S/C9H10N4/c1-8-2-3-10-9(6-8)7-13-5-4-11-12-13/h2-6H,7H2,1H3. The Kier molecular flexibility index (Phi) is 2.04. The Morgan fingerprint density at radius 2 is 2.31 bits per heavy atom. The summed E-state index contributed by atoms with van der Waals surface area (Å²) >= 11 is 0. The molecule has 0 saturated carbocycles. The zero-order chi connectivity index (χ0) is 9.10. The van der Waals surface area contributed by atoms with Gasteiger partial charge in [0.05, 0.1) is 18.4 Å². The molecule has 0 atom stereocenters. The molecule has 13 heavy (non-hydrogen) atoms. The van der Waals surface area contributed by atoms with Crippen molar-refractivity contribution in [1.82, 2.24) is 20.0 Å². The third kappa shape index (κ3) is 1.90. The second kappa shape index (κ2) is 3.35. The van der Waals surface area contributed by atoms with Crippen molar-refractivity contribution in [2.75, 3.05) is 0 Å². The molecule has 0 aliphatic rings. The second-order valence-electron chi connectivity index (χ2n) is 2.93. The predicted molar refractivity (Wildman–Crippen MR) is 48.1 cm³/mol. The summed E-state index contributed by atoms with van der Waals surface area (Å²) < 4.78 is 1.75. The van der Waals surface area contributed by atoms with Gasteiger partial charge in [0, 0.05) is 12.4 Å². The summed E-state index contributed by atoms with van der Waals surface area (Å²) in [6.45, 7) is 2.73. The fraction of sp³-hybridized carbons (Fsp3) is 0.222. The van der Waals surface area contributed by atoms with Crippen molar-refractivity contribution >= 4 is 0 Å². The number of nitrogens with zero attached hydrogens (tertiary/aromatic N) is 4. The van der Waals surface area contributed by atoms with E-state index >= 15 is 0 Å². The zero-order valence-corrected chi connectivity index (χ0v) is 7.38. The minimum absolute atomic E-state index is 0.682. The van der Waals surface area contributed by atoms with E-state index in [4.69, 9.17) is 0 Å². The molecule has 0 amide bonds. The number of hydrogen-bond acceptors (Lipinski definition) is 3. The van der Waals surface area contributed by atoms with Crippen LogP contribution >= 0.6 is 0 Å². The van der Waals surface area contributed by atoms with E-state index in [2.05, 4.69) is 15.3 Å². The highest BCUT2D eigenvalue weighted by molar-refractivity contribution is 5.14. The molecular weight excluding hydrogens is 164 g/mol. The lowest BCUT2D eigenvalue weighted by atomic mass is 10.2. The van der Waals surface area contributed by atoms with Gasteiger partial charge in [0.2, 0.25) is 0 Å². The summed E-state index contributed by atoms with van der Waals surface area (Å²) in [5, 5.41) is 7.59. The van der Waals surface area contributed by atoms with Gasteiger partial charge in [-0.3, -0.25) is 4.98 Å². The van der Waals surface area contributed by atoms with Crippen molar-refractivity contribution in [1.29, 1.82) is 0 Å². The molecule has 66 valence electrons. The van der Waals surface area contributed by atoms with Gasteiger partial charge in [-0.1, -0.05) is 5.21 Å². The van der Waals surface area contributed by atoms with Crippen LogP contribution in [0.4, 0.5) is 0 Å². The molecule has 2 rings (SSSR count). The highest BCUT2D eigenvalue weighted by atomic mass is 15.4. The van der Waals surface area contributed by atoms with Crippen molar-refractivity contribution in [3.8, 4) is 0 Å². The van der Waals surface area contributed by atoms with Crippen molar-refractivity contribution in [2.45, 2.75) is 13.5 Å². The first-order chi connectivity index (χ1) is 6.34. The highest BCUT2D eigenvalue weighted by Crippen LogP contribution is 2.00. The van der Waals surface area contributed by atoms with Crippen LogP contribution in [0.1, 0.15) is 11.3 Å². The van der Waals surface area contributed by atoms with Gasteiger partial charge in [0.25, 0.3) is 0 Å². The Labute approximate surface area is 76.2 Å². The van der Waals surface area contributed by atoms with E-state index in [0.29, 0.717) is 6.54 Å². The van der Waals surface area contributed by atoms with Crippen molar-refractivity contribution in [2.24, 2.45) is 0 Å². The number of pyridine rings is 1. The third-order valence-electron chi connectivity index (χ3n) is 1.77. The first-order valence-corrected chi connectivity index (χ1v) is 4.10. The molecule has 0 unspecified atom stereocenters. The Balaban J connectivity index is 2.19. The number of rotatable bonds is 2. The van der Waals surface area contributed by atoms with Crippen LogP contribution in [0, 0.1) is 6.92 Å². The van der Waals surface area contributed by atoms with Crippen LogP contribution in [0.25, 0.3) is 0 Å². The third-order valence-corrected chi connectivity index (χ3v) is 1.77. The summed E-state index contributed by atoms with van der Waals surface area (Å²) in [6.07, 6.45) is 5.29. The topological polar surface area (TPSA) is 43.6 Å². The van der Waals surface area contributed by atoms with E-state index in [9.17, 15) is 0 Å². The van der Waals surface area contributed by atoms with Gasteiger partial charge in [0.1, 0.15) is 0 Å². The molecular formula is C9H10N4. The lowest BCUT2D eigenvalue weighted by Gasteiger charge is -2.00. The Hall–Kier alpha value is -1.71. The highest BCUT2D eigenvalue weighted by Gasteiger charge is 1.96. The average Bonchev–Trinajstić information content (AvgIpc) is 2.57. The quantitative estimate of drug-likeness (QED) is 0.683. The average molecular weight is 174 g/mol. The maximum Gasteiger partial charge on any atom is 0.0849 e. The molecule has 0 radical (unpaired) electrons. The maximum absolute atomic E-state index is 4.23. The summed E-state index contributed by atoms with van der Waals surface area (Å²) in [7, 11) is 0. The molecule has 0 bridgehead atoms. The van der Waals surface area contributed by atoms with E-state index < -0.39 is 0 Å². The predicted octanol–water partition coefficient (Wildman–Crippen LogP) is 1.03. The monoisotopic (exact) mass is 174 g/mol. The molecule has 0 spiro atoms. The maximum atomic E-state index is 4.23. The van der Waals surface area contributed by atoms with Crippen LogP contribution < -0.4 is 0 Å². The number of aryl methyl sites for hydroxylation is 1. The molecule has 0 aromatic carbocycles. The van der Waals surface area contributed by atoms with Crippen molar-refractivity contribution in [3.63, 3.8) is 0 Å². The minimum atomic E-state index is 0.682. The van der Waals surface area contributed by atoms with Gasteiger partial charge in [-0.2, -0.15) is 0 Å². The lowest BCUT2D eigenvalue weighted by Crippen LogP contribution is -2.02. The van der Waals surface area contributed by atoms with Crippen molar-refractivity contribution < 1.29 is 0 Å². The van der Waals surface area contributed by atoms with E-state index in [1.165, 1.54) is 5.56 Å². The van der Waals surface area contributed by atoms with Gasteiger partial charge >= 0.3 is 0 Å². The van der Waals surface area contributed by atoms with Gasteiger partial charge in [-0.15, -0.1) is 5.10 Å². The van der Waals surface area contributed by atoms with Gasteiger partial charge in [-0.05, 0) is 24.6 Å². The molecule has 0 aliphatic carbocycles. The smallest absolute Gasteiger partial charge is 0.0849 e. The van der Waals surface area contributed by atoms with E-state index in [1.807, 2.05) is 31.5 Å². The van der Waals surface area contributed by atoms with Gasteiger partial charge < -0.3 is 0 Å². The van der Waals surface area contributed by atoms with E-state index in [0.717, 1.165) is 5.69 Å². The second-order valence-corrected chi connectivity index (χ2v) is 2.93. The molecule has 2 aromatic rings. The van der Waals surface area contributed by atoms with E-state index in [1.54, 1.807) is 10.9 Å². The number of hydrogen-bond donors (Lipinski definition) is 0. The van der Waals surface area contributed by atoms with Crippen LogP contribution in [0.5, 0.6) is 0 Å². The van der Waals surface area contributed by atoms with Crippen LogP contribution in [-0.4, -0.2) is 20.0 Å². The van der Waals surface area contributed by atoms with Crippen molar-refractivity contribution in [3.05, 3.63) is 42.0 Å². The lowest BCUT2D eigenvalue weighted by molar-refractivity contribution is 0.638. The Morgan fingerprint density at radius 1 is 1.38 bits per heavy atom. The van der Waals surface area contributed by atoms with Gasteiger partial charge in [0.15, 0.2) is 0 Å². The summed E-state index contributed by atoms with van der Waals surface area (Å²) in [5.74, 6) is 0. The minimum Gasteiger partial charge on any atom is -0.259 e. The first kappa shape index (κ1) is 7.91. The molecule has 0 N–H and O–H groups in total. The molecule has 4 nitrogen and oxygen atoms in total. The Bertz CT molecular complexity index is 380.